The van der Waals surface area contributed by atoms with Crippen LogP contribution in [-0.4, -0.2) is 30.9 Å². The van der Waals surface area contributed by atoms with Gasteiger partial charge in [0.15, 0.2) is 19.0 Å². The molecular formula is C23H27NO5. The van der Waals surface area contributed by atoms with E-state index in [0.29, 0.717) is 17.7 Å². The lowest BCUT2D eigenvalue weighted by atomic mass is 10.0. The van der Waals surface area contributed by atoms with Gasteiger partial charge < -0.3 is 14.8 Å². The quantitative estimate of drug-likeness (QED) is 0.460. The van der Waals surface area contributed by atoms with Crippen molar-refractivity contribution in [2.45, 2.75) is 39.2 Å². The normalized spacial score (nSPS) is 11.4. The molecule has 2 aromatic carbocycles. The number of benzene rings is 2. The van der Waals surface area contributed by atoms with Crippen LogP contribution in [-0.2, 0) is 14.3 Å². The Morgan fingerprint density at radius 2 is 1.62 bits per heavy atom. The van der Waals surface area contributed by atoms with Crippen molar-refractivity contribution in [2.75, 3.05) is 13.2 Å². The molecule has 2 rings (SSSR count). The Kier molecular flexibility index (Phi) is 8.89. The van der Waals surface area contributed by atoms with E-state index < -0.39 is 5.97 Å². The molecule has 0 aliphatic heterocycles. The van der Waals surface area contributed by atoms with Crippen LogP contribution in [0.5, 0.6) is 5.75 Å². The summed E-state index contributed by atoms with van der Waals surface area (Å²) in [5.74, 6) is -0.506. The van der Waals surface area contributed by atoms with Crippen LogP contribution in [0.3, 0.4) is 0 Å². The molecule has 0 aromatic heterocycles. The fraction of sp³-hybridized carbons (Fsp3) is 0.348. The Bertz CT molecular complexity index is 802. The van der Waals surface area contributed by atoms with E-state index in [9.17, 15) is 14.4 Å². The molecular weight excluding hydrogens is 370 g/mol. The van der Waals surface area contributed by atoms with Crippen LogP contribution in [0.2, 0.25) is 0 Å². The molecule has 0 radical (unpaired) electrons. The number of amides is 1. The monoisotopic (exact) mass is 397 g/mol. The molecule has 2 aromatic rings. The SMILES string of the molecule is CCCC(NC(=O)COC(=O)COc1ccc(C(=O)CC)cc1)c1ccccc1. The fourth-order valence-electron chi connectivity index (χ4n) is 2.80. The van der Waals surface area contributed by atoms with E-state index in [-0.39, 0.29) is 30.9 Å². The molecule has 0 saturated carbocycles. The molecule has 1 unspecified atom stereocenters. The molecule has 29 heavy (non-hydrogen) atoms. The topological polar surface area (TPSA) is 81.7 Å². The first kappa shape index (κ1) is 22.1. The number of rotatable bonds is 11. The first-order valence-electron chi connectivity index (χ1n) is 9.79. The van der Waals surface area contributed by atoms with Gasteiger partial charge in [0.25, 0.3) is 5.91 Å². The molecule has 0 bridgehead atoms. The highest BCUT2D eigenvalue weighted by Crippen LogP contribution is 2.18. The third-order valence-corrected chi connectivity index (χ3v) is 4.33. The van der Waals surface area contributed by atoms with Gasteiger partial charge in [0.05, 0.1) is 6.04 Å². The summed E-state index contributed by atoms with van der Waals surface area (Å²) in [6.45, 7) is 3.16. The third-order valence-electron chi connectivity index (χ3n) is 4.33. The van der Waals surface area contributed by atoms with Gasteiger partial charge in [-0.2, -0.15) is 0 Å². The summed E-state index contributed by atoms with van der Waals surface area (Å²) in [7, 11) is 0. The van der Waals surface area contributed by atoms with E-state index >= 15 is 0 Å². The standard InChI is InChI=1S/C23H27NO5/c1-3-8-20(17-9-6-5-7-10-17)24-22(26)15-29-23(27)16-28-19-13-11-18(12-14-19)21(25)4-2/h5-7,9-14,20H,3-4,8,15-16H2,1-2H3,(H,24,26). The Balaban J connectivity index is 1.76. The predicted molar refractivity (Wildman–Crippen MR) is 110 cm³/mol. The fourth-order valence-corrected chi connectivity index (χ4v) is 2.80. The molecule has 0 heterocycles. The highest BCUT2D eigenvalue weighted by molar-refractivity contribution is 5.95. The minimum absolute atomic E-state index is 0.0406. The molecule has 1 atom stereocenters. The van der Waals surface area contributed by atoms with E-state index in [1.54, 1.807) is 31.2 Å². The first-order chi connectivity index (χ1) is 14.0. The lowest BCUT2D eigenvalue weighted by Crippen LogP contribution is -2.33. The van der Waals surface area contributed by atoms with Gasteiger partial charge in [-0.05, 0) is 36.2 Å². The number of ketones is 1. The highest BCUT2D eigenvalue weighted by atomic mass is 16.6. The van der Waals surface area contributed by atoms with Crippen molar-refractivity contribution in [1.29, 1.82) is 0 Å². The summed E-state index contributed by atoms with van der Waals surface area (Å²) in [5.41, 5.74) is 1.61. The second kappa shape index (κ2) is 11.6. The summed E-state index contributed by atoms with van der Waals surface area (Å²) in [5, 5.41) is 2.90. The number of carbonyl (C=O) groups is 3. The van der Waals surface area contributed by atoms with Crippen molar-refractivity contribution in [3.05, 3.63) is 65.7 Å². The van der Waals surface area contributed by atoms with Crippen molar-refractivity contribution in [3.63, 3.8) is 0 Å². The van der Waals surface area contributed by atoms with Gasteiger partial charge in [-0.1, -0.05) is 50.6 Å². The lowest BCUT2D eigenvalue weighted by molar-refractivity contribution is -0.150. The Morgan fingerprint density at radius 1 is 0.931 bits per heavy atom. The number of esters is 1. The molecule has 0 spiro atoms. The molecule has 6 nitrogen and oxygen atoms in total. The number of carbonyl (C=O) groups excluding carboxylic acids is 3. The second-order valence-electron chi connectivity index (χ2n) is 6.57. The molecule has 0 aliphatic rings. The molecule has 0 saturated heterocycles. The minimum Gasteiger partial charge on any atom is -0.482 e. The summed E-state index contributed by atoms with van der Waals surface area (Å²) < 4.78 is 10.3. The van der Waals surface area contributed by atoms with E-state index in [1.165, 1.54) is 0 Å². The maximum Gasteiger partial charge on any atom is 0.344 e. The van der Waals surface area contributed by atoms with Crippen molar-refractivity contribution < 1.29 is 23.9 Å². The zero-order valence-corrected chi connectivity index (χ0v) is 16.9. The zero-order valence-electron chi connectivity index (χ0n) is 16.9. The number of hydrogen-bond acceptors (Lipinski definition) is 5. The molecule has 0 aliphatic carbocycles. The van der Waals surface area contributed by atoms with E-state index in [4.69, 9.17) is 9.47 Å². The van der Waals surface area contributed by atoms with Crippen molar-refractivity contribution in [1.82, 2.24) is 5.32 Å². The largest absolute Gasteiger partial charge is 0.482 e. The maximum atomic E-state index is 12.1. The Hall–Kier alpha value is -3.15. The first-order valence-corrected chi connectivity index (χ1v) is 9.79. The van der Waals surface area contributed by atoms with Crippen LogP contribution in [0.15, 0.2) is 54.6 Å². The van der Waals surface area contributed by atoms with Crippen molar-refractivity contribution in [2.24, 2.45) is 0 Å². The van der Waals surface area contributed by atoms with Crippen molar-refractivity contribution in [3.8, 4) is 5.75 Å². The molecule has 154 valence electrons. The van der Waals surface area contributed by atoms with Crippen LogP contribution >= 0.6 is 0 Å². The zero-order chi connectivity index (χ0) is 21.1. The van der Waals surface area contributed by atoms with Gasteiger partial charge in [0, 0.05) is 12.0 Å². The van der Waals surface area contributed by atoms with Crippen molar-refractivity contribution >= 4 is 17.7 Å². The minimum atomic E-state index is -0.638. The average Bonchev–Trinajstić information content (AvgIpc) is 2.76. The Labute approximate surface area is 171 Å². The highest BCUT2D eigenvalue weighted by Gasteiger charge is 2.15. The number of nitrogens with one attached hydrogen (secondary N) is 1. The van der Waals surface area contributed by atoms with E-state index in [1.807, 2.05) is 37.3 Å². The summed E-state index contributed by atoms with van der Waals surface area (Å²) in [4.78, 5) is 35.6. The van der Waals surface area contributed by atoms with Gasteiger partial charge in [-0.3, -0.25) is 9.59 Å². The van der Waals surface area contributed by atoms with E-state index in [0.717, 1.165) is 18.4 Å². The predicted octanol–water partition coefficient (Wildman–Crippen LogP) is 3.86. The molecule has 1 amide bonds. The number of hydrogen-bond donors (Lipinski definition) is 1. The summed E-state index contributed by atoms with van der Waals surface area (Å²) in [6.07, 6.45) is 2.14. The van der Waals surface area contributed by atoms with Gasteiger partial charge in [-0.15, -0.1) is 0 Å². The molecule has 1 N–H and O–H groups in total. The van der Waals surface area contributed by atoms with Gasteiger partial charge >= 0.3 is 5.97 Å². The second-order valence-corrected chi connectivity index (χ2v) is 6.57. The number of Topliss-reactive ketones (excluding diaryl/α,β-unsaturated/α-hetero) is 1. The van der Waals surface area contributed by atoms with Gasteiger partial charge in [0.2, 0.25) is 0 Å². The average molecular weight is 397 g/mol. The molecule has 6 heteroatoms. The summed E-state index contributed by atoms with van der Waals surface area (Å²) >= 11 is 0. The van der Waals surface area contributed by atoms with E-state index in [2.05, 4.69) is 5.32 Å². The third kappa shape index (κ3) is 7.41. The number of ether oxygens (including phenoxy) is 2. The maximum absolute atomic E-state index is 12.1. The smallest absolute Gasteiger partial charge is 0.344 e. The van der Waals surface area contributed by atoms with Crippen LogP contribution in [0.4, 0.5) is 0 Å². The summed E-state index contributed by atoms with van der Waals surface area (Å²) in [6, 6.07) is 16.1. The molecule has 0 fully saturated rings. The van der Waals surface area contributed by atoms with Gasteiger partial charge in [0.1, 0.15) is 5.75 Å². The Morgan fingerprint density at radius 3 is 2.24 bits per heavy atom. The van der Waals surface area contributed by atoms with Crippen LogP contribution in [0.25, 0.3) is 0 Å². The van der Waals surface area contributed by atoms with Crippen LogP contribution < -0.4 is 10.1 Å². The van der Waals surface area contributed by atoms with Crippen LogP contribution in [0.1, 0.15) is 55.1 Å². The lowest BCUT2D eigenvalue weighted by Gasteiger charge is -2.18. The van der Waals surface area contributed by atoms with Gasteiger partial charge in [-0.25, -0.2) is 4.79 Å². The van der Waals surface area contributed by atoms with Crippen LogP contribution in [0, 0.1) is 0 Å².